The van der Waals surface area contributed by atoms with Crippen molar-refractivity contribution in [3.05, 3.63) is 34.1 Å². The van der Waals surface area contributed by atoms with Crippen molar-refractivity contribution < 1.29 is 4.92 Å². The van der Waals surface area contributed by atoms with E-state index in [0.717, 1.165) is 25.1 Å². The molecule has 5 nitrogen and oxygen atoms in total. The van der Waals surface area contributed by atoms with Gasteiger partial charge in [0.05, 0.1) is 4.92 Å². The number of hydrogen-bond donors (Lipinski definition) is 1. The molecule has 0 aliphatic heterocycles. The Kier molecular flexibility index (Phi) is 5.71. The summed E-state index contributed by atoms with van der Waals surface area (Å²) >= 11 is 0. The number of rotatable bonds is 7. The Bertz CT molecular complexity index is 378. The second kappa shape index (κ2) is 7.06. The molecule has 2 atom stereocenters. The summed E-state index contributed by atoms with van der Waals surface area (Å²) in [6, 6.07) is 3.61. The Morgan fingerprint density at radius 2 is 2.17 bits per heavy atom. The molecule has 1 aromatic heterocycles. The van der Waals surface area contributed by atoms with Crippen LogP contribution in [-0.2, 0) is 0 Å². The van der Waals surface area contributed by atoms with Crippen molar-refractivity contribution in [1.29, 1.82) is 0 Å². The first kappa shape index (κ1) is 14.6. The summed E-state index contributed by atoms with van der Waals surface area (Å²) in [6.45, 7) is 7.35. The minimum absolute atomic E-state index is 0.0442. The molecule has 1 rings (SSSR count). The molecule has 0 aliphatic rings. The molecule has 2 unspecified atom stereocenters. The van der Waals surface area contributed by atoms with Gasteiger partial charge in [-0.05, 0) is 32.4 Å². The van der Waals surface area contributed by atoms with Crippen molar-refractivity contribution in [3.8, 4) is 0 Å². The summed E-state index contributed by atoms with van der Waals surface area (Å²) in [4.78, 5) is 14.4. The van der Waals surface area contributed by atoms with E-state index in [4.69, 9.17) is 0 Å². The normalized spacial score (nSPS) is 14.2. The number of hydrogen-bond acceptors (Lipinski definition) is 4. The fourth-order valence-electron chi connectivity index (χ4n) is 2.06. The molecule has 0 spiro atoms. The van der Waals surface area contributed by atoms with Crippen LogP contribution in [0.2, 0.25) is 0 Å². The highest BCUT2D eigenvalue weighted by Crippen LogP contribution is 2.23. The summed E-state index contributed by atoms with van der Waals surface area (Å²) in [7, 11) is 0. The Balaban J connectivity index is 2.78. The third kappa shape index (κ3) is 3.77. The van der Waals surface area contributed by atoms with Crippen LogP contribution in [0.25, 0.3) is 0 Å². The maximum atomic E-state index is 10.6. The van der Waals surface area contributed by atoms with Gasteiger partial charge < -0.3 is 5.32 Å². The molecule has 0 radical (unpaired) electrons. The lowest BCUT2D eigenvalue weighted by atomic mass is 9.94. The van der Waals surface area contributed by atoms with E-state index in [0.29, 0.717) is 6.04 Å². The first-order valence-electron chi connectivity index (χ1n) is 6.43. The molecule has 0 bridgehead atoms. The van der Waals surface area contributed by atoms with Crippen LogP contribution in [0, 0.1) is 10.1 Å². The Hall–Kier alpha value is -1.49. The van der Waals surface area contributed by atoms with Gasteiger partial charge in [0.1, 0.15) is 6.20 Å². The number of pyridine rings is 1. The molecule has 0 amide bonds. The zero-order valence-electron chi connectivity index (χ0n) is 11.2. The van der Waals surface area contributed by atoms with Crippen LogP contribution < -0.4 is 5.32 Å². The number of nitrogens with zero attached hydrogens (tertiary/aromatic N) is 2. The summed E-state index contributed by atoms with van der Waals surface area (Å²) in [5, 5.41) is 14.0. The van der Waals surface area contributed by atoms with Gasteiger partial charge in [0, 0.05) is 23.7 Å². The van der Waals surface area contributed by atoms with Gasteiger partial charge in [0.15, 0.2) is 0 Å². The largest absolute Gasteiger partial charge is 0.314 e. The highest BCUT2D eigenvalue weighted by molar-refractivity contribution is 5.28. The van der Waals surface area contributed by atoms with E-state index in [1.807, 2.05) is 0 Å². The molecule has 1 N–H and O–H groups in total. The van der Waals surface area contributed by atoms with E-state index in [2.05, 4.69) is 31.1 Å². The molecular weight excluding hydrogens is 230 g/mol. The van der Waals surface area contributed by atoms with Crippen LogP contribution in [0.3, 0.4) is 0 Å². The zero-order chi connectivity index (χ0) is 13.5. The molecule has 0 aromatic carbocycles. The van der Waals surface area contributed by atoms with E-state index in [1.54, 1.807) is 6.07 Å². The second-order valence-corrected chi connectivity index (χ2v) is 4.46. The van der Waals surface area contributed by atoms with Gasteiger partial charge in [-0.2, -0.15) is 0 Å². The molecular formula is C13H21N3O2. The molecule has 18 heavy (non-hydrogen) atoms. The number of nitrogens with one attached hydrogen (secondary N) is 1. The topological polar surface area (TPSA) is 68.1 Å². The third-order valence-electron chi connectivity index (χ3n) is 3.12. The van der Waals surface area contributed by atoms with Gasteiger partial charge in [-0.3, -0.25) is 15.1 Å². The van der Waals surface area contributed by atoms with Crippen LogP contribution >= 0.6 is 0 Å². The van der Waals surface area contributed by atoms with Crippen molar-refractivity contribution in [2.75, 3.05) is 6.54 Å². The quantitative estimate of drug-likeness (QED) is 0.597. The van der Waals surface area contributed by atoms with Gasteiger partial charge in [-0.15, -0.1) is 0 Å². The highest BCUT2D eigenvalue weighted by Gasteiger charge is 2.19. The van der Waals surface area contributed by atoms with E-state index in [1.165, 1.54) is 12.3 Å². The maximum Gasteiger partial charge on any atom is 0.287 e. The Labute approximate surface area is 108 Å². The van der Waals surface area contributed by atoms with Crippen molar-refractivity contribution in [2.45, 2.75) is 45.6 Å². The second-order valence-electron chi connectivity index (χ2n) is 4.46. The van der Waals surface area contributed by atoms with Gasteiger partial charge in [0.2, 0.25) is 0 Å². The fraction of sp³-hybridized carbons (Fsp3) is 0.615. The van der Waals surface area contributed by atoms with Crippen LogP contribution in [0.1, 0.15) is 45.2 Å². The average molecular weight is 251 g/mol. The predicted molar refractivity (Wildman–Crippen MR) is 71.7 cm³/mol. The number of nitro groups is 1. The molecule has 5 heteroatoms. The Morgan fingerprint density at radius 1 is 1.44 bits per heavy atom. The lowest BCUT2D eigenvalue weighted by Crippen LogP contribution is -2.32. The minimum Gasteiger partial charge on any atom is -0.314 e. The van der Waals surface area contributed by atoms with Crippen molar-refractivity contribution in [2.24, 2.45) is 0 Å². The first-order valence-corrected chi connectivity index (χ1v) is 6.43. The average Bonchev–Trinajstić information content (AvgIpc) is 2.37. The summed E-state index contributed by atoms with van der Waals surface area (Å²) in [5.74, 6) is 0.289. The molecule has 0 saturated heterocycles. The van der Waals surface area contributed by atoms with Gasteiger partial charge in [0.25, 0.3) is 5.69 Å². The van der Waals surface area contributed by atoms with Gasteiger partial charge >= 0.3 is 0 Å². The minimum atomic E-state index is -0.420. The van der Waals surface area contributed by atoms with Gasteiger partial charge in [-0.25, -0.2) is 0 Å². The molecule has 1 aromatic rings. The van der Waals surface area contributed by atoms with Gasteiger partial charge in [-0.1, -0.05) is 13.8 Å². The van der Waals surface area contributed by atoms with Crippen LogP contribution in [0.15, 0.2) is 18.3 Å². The molecule has 0 aliphatic carbocycles. The molecule has 0 fully saturated rings. The lowest BCUT2D eigenvalue weighted by Gasteiger charge is -2.23. The zero-order valence-corrected chi connectivity index (χ0v) is 11.2. The first-order chi connectivity index (χ1) is 8.60. The van der Waals surface area contributed by atoms with Crippen LogP contribution in [-0.4, -0.2) is 22.5 Å². The smallest absolute Gasteiger partial charge is 0.287 e. The third-order valence-corrected chi connectivity index (χ3v) is 3.12. The molecule has 0 saturated carbocycles. The van der Waals surface area contributed by atoms with E-state index in [9.17, 15) is 10.1 Å². The monoisotopic (exact) mass is 251 g/mol. The van der Waals surface area contributed by atoms with Crippen molar-refractivity contribution in [1.82, 2.24) is 10.3 Å². The number of aromatic nitrogens is 1. The van der Waals surface area contributed by atoms with Crippen LogP contribution in [0.5, 0.6) is 0 Å². The van der Waals surface area contributed by atoms with E-state index in [-0.39, 0.29) is 11.6 Å². The highest BCUT2D eigenvalue weighted by atomic mass is 16.6. The summed E-state index contributed by atoms with van der Waals surface area (Å²) in [6.07, 6.45) is 3.39. The SMILES string of the molecule is CCCNC(C)C(CC)c1ccc([N+](=O)[O-])cn1. The molecule has 100 valence electrons. The van der Waals surface area contributed by atoms with Crippen molar-refractivity contribution >= 4 is 5.69 Å². The standard InChI is InChI=1S/C13H21N3O2/c1-4-8-14-10(3)12(5-2)13-7-6-11(9-15-13)16(17)18/h6-7,9-10,12,14H,4-5,8H2,1-3H3. The summed E-state index contributed by atoms with van der Waals surface area (Å²) in [5.41, 5.74) is 0.960. The van der Waals surface area contributed by atoms with E-state index < -0.39 is 4.92 Å². The van der Waals surface area contributed by atoms with Crippen molar-refractivity contribution in [3.63, 3.8) is 0 Å². The molecule has 1 heterocycles. The lowest BCUT2D eigenvalue weighted by molar-refractivity contribution is -0.385. The summed E-state index contributed by atoms with van der Waals surface area (Å²) < 4.78 is 0. The predicted octanol–water partition coefficient (Wildman–Crippen LogP) is 2.87. The van der Waals surface area contributed by atoms with Crippen LogP contribution in [0.4, 0.5) is 5.69 Å². The Morgan fingerprint density at radius 3 is 2.61 bits per heavy atom. The fourth-order valence-corrected chi connectivity index (χ4v) is 2.06. The van der Waals surface area contributed by atoms with E-state index >= 15 is 0 Å². The maximum absolute atomic E-state index is 10.6.